The lowest BCUT2D eigenvalue weighted by atomic mass is 9.89. The summed E-state index contributed by atoms with van der Waals surface area (Å²) in [6.45, 7) is 5.25. The second-order valence-corrected chi connectivity index (χ2v) is 9.20. The van der Waals surface area contributed by atoms with Gasteiger partial charge in [-0.3, -0.25) is 0 Å². The van der Waals surface area contributed by atoms with Crippen LogP contribution in [0.1, 0.15) is 57.9 Å². The first-order valence-corrected chi connectivity index (χ1v) is 12.0. The Morgan fingerprint density at radius 1 is 1.23 bits per heavy atom. The highest BCUT2D eigenvalue weighted by atomic mass is 32.1. The van der Waals surface area contributed by atoms with Gasteiger partial charge in [0.15, 0.2) is 5.13 Å². The average Bonchev–Trinajstić information content (AvgIpc) is 3.21. The molecular weight excluding hydrogens is 406 g/mol. The molecule has 3 aromatic rings. The first kappa shape index (κ1) is 21.6. The number of nitrogens with zero attached hydrogens (tertiary/aromatic N) is 3. The molecule has 0 atom stereocenters. The molecule has 0 bridgehead atoms. The van der Waals surface area contributed by atoms with Gasteiger partial charge < -0.3 is 15.4 Å². The molecule has 0 amide bonds. The van der Waals surface area contributed by atoms with Crippen molar-refractivity contribution in [3.05, 3.63) is 35.7 Å². The van der Waals surface area contributed by atoms with E-state index >= 15 is 0 Å². The number of thiazole rings is 1. The Labute approximate surface area is 188 Å². The second kappa shape index (κ2) is 10.1. The Hall–Kier alpha value is -2.67. The summed E-state index contributed by atoms with van der Waals surface area (Å²) in [5.74, 6) is 2.83. The average molecular weight is 438 g/mol. The largest absolute Gasteiger partial charge is 0.438 e. The van der Waals surface area contributed by atoms with Crippen molar-refractivity contribution in [1.82, 2.24) is 15.0 Å². The van der Waals surface area contributed by atoms with Gasteiger partial charge in [-0.1, -0.05) is 43.1 Å². The van der Waals surface area contributed by atoms with Crippen LogP contribution >= 0.6 is 11.3 Å². The van der Waals surface area contributed by atoms with Crippen LogP contribution in [0.5, 0.6) is 11.6 Å². The monoisotopic (exact) mass is 437 g/mol. The Morgan fingerprint density at radius 2 is 2.06 bits per heavy atom. The lowest BCUT2D eigenvalue weighted by Crippen LogP contribution is -2.16. The molecule has 1 aliphatic carbocycles. The molecule has 1 aromatic carbocycles. The molecular formula is C24H31N5OS. The Kier molecular flexibility index (Phi) is 7.02. The molecule has 0 aliphatic heterocycles. The second-order valence-electron chi connectivity index (χ2n) is 8.17. The molecule has 1 aliphatic rings. The van der Waals surface area contributed by atoms with Crippen LogP contribution in [0, 0.1) is 5.92 Å². The molecule has 1 fully saturated rings. The molecule has 31 heavy (non-hydrogen) atoms. The molecule has 0 spiro atoms. The smallest absolute Gasteiger partial charge is 0.231 e. The van der Waals surface area contributed by atoms with Gasteiger partial charge in [0.1, 0.15) is 17.9 Å². The molecule has 1 saturated carbocycles. The maximum atomic E-state index is 6.19. The van der Waals surface area contributed by atoms with Gasteiger partial charge in [0.2, 0.25) is 5.88 Å². The van der Waals surface area contributed by atoms with Crippen molar-refractivity contribution >= 4 is 38.6 Å². The van der Waals surface area contributed by atoms with E-state index in [2.05, 4.69) is 40.5 Å². The van der Waals surface area contributed by atoms with E-state index in [1.807, 2.05) is 25.2 Å². The number of aromatic nitrogens is 3. The zero-order chi connectivity index (χ0) is 21.6. The van der Waals surface area contributed by atoms with Crippen molar-refractivity contribution in [2.45, 2.75) is 52.4 Å². The van der Waals surface area contributed by atoms with Gasteiger partial charge in [-0.05, 0) is 50.3 Å². The van der Waals surface area contributed by atoms with E-state index in [1.54, 1.807) is 11.3 Å². The minimum Gasteiger partial charge on any atom is -0.438 e. The van der Waals surface area contributed by atoms with Gasteiger partial charge in [0, 0.05) is 19.7 Å². The third-order valence-electron chi connectivity index (χ3n) is 5.87. The SMILES string of the molecule is CC/C(C)=C/c1c(NC)ncnc1Oc1ccc2nc(NCC3CCCCC3)sc2c1. The third kappa shape index (κ3) is 5.34. The number of rotatable bonds is 8. The van der Waals surface area contributed by atoms with Gasteiger partial charge in [-0.2, -0.15) is 0 Å². The number of fused-ring (bicyclic) bond motifs is 1. The van der Waals surface area contributed by atoms with E-state index in [1.165, 1.54) is 44.0 Å². The Bertz CT molecular complexity index is 1060. The maximum Gasteiger partial charge on any atom is 0.231 e. The fourth-order valence-electron chi connectivity index (χ4n) is 3.92. The molecule has 4 rings (SSSR count). The van der Waals surface area contributed by atoms with Crippen LogP contribution in [0.15, 0.2) is 30.1 Å². The van der Waals surface area contributed by atoms with Crippen molar-refractivity contribution < 1.29 is 4.74 Å². The highest BCUT2D eigenvalue weighted by Crippen LogP contribution is 2.34. The number of nitrogens with one attached hydrogen (secondary N) is 2. The van der Waals surface area contributed by atoms with Crippen molar-refractivity contribution in [3.8, 4) is 11.6 Å². The van der Waals surface area contributed by atoms with E-state index < -0.39 is 0 Å². The highest BCUT2D eigenvalue weighted by molar-refractivity contribution is 7.22. The van der Waals surface area contributed by atoms with Crippen LogP contribution in [0.4, 0.5) is 10.9 Å². The molecule has 2 N–H and O–H groups in total. The topological polar surface area (TPSA) is 72.0 Å². The van der Waals surface area contributed by atoms with Crippen LogP contribution in [0.25, 0.3) is 16.3 Å². The molecule has 164 valence electrons. The first-order chi connectivity index (χ1) is 15.2. The molecule has 0 unspecified atom stereocenters. The Morgan fingerprint density at radius 3 is 2.84 bits per heavy atom. The zero-order valence-electron chi connectivity index (χ0n) is 18.6. The molecule has 0 saturated heterocycles. The lowest BCUT2D eigenvalue weighted by molar-refractivity contribution is 0.373. The minimum absolute atomic E-state index is 0.548. The van der Waals surface area contributed by atoms with Gasteiger partial charge in [0.05, 0.1) is 15.8 Å². The van der Waals surface area contributed by atoms with E-state index in [0.717, 1.165) is 51.4 Å². The van der Waals surface area contributed by atoms with Gasteiger partial charge in [0.25, 0.3) is 0 Å². The number of ether oxygens (including phenoxy) is 1. The zero-order valence-corrected chi connectivity index (χ0v) is 19.4. The van der Waals surface area contributed by atoms with Gasteiger partial charge in [-0.25, -0.2) is 15.0 Å². The van der Waals surface area contributed by atoms with E-state index in [0.29, 0.717) is 5.88 Å². The number of hydrogen-bond acceptors (Lipinski definition) is 7. The normalized spacial score (nSPS) is 15.3. The van der Waals surface area contributed by atoms with E-state index in [4.69, 9.17) is 9.72 Å². The van der Waals surface area contributed by atoms with E-state index in [-0.39, 0.29) is 0 Å². The minimum atomic E-state index is 0.548. The third-order valence-corrected chi connectivity index (χ3v) is 6.85. The summed E-state index contributed by atoms with van der Waals surface area (Å²) < 4.78 is 7.30. The van der Waals surface area contributed by atoms with Gasteiger partial charge >= 0.3 is 0 Å². The van der Waals surface area contributed by atoms with Crippen LogP contribution in [-0.4, -0.2) is 28.5 Å². The highest BCUT2D eigenvalue weighted by Gasteiger charge is 2.15. The van der Waals surface area contributed by atoms with Crippen molar-refractivity contribution in [2.75, 3.05) is 24.2 Å². The van der Waals surface area contributed by atoms with Crippen molar-refractivity contribution in [1.29, 1.82) is 0 Å². The number of benzene rings is 1. The number of allylic oxidation sites excluding steroid dienone is 1. The number of anilines is 2. The quantitative estimate of drug-likeness (QED) is 0.407. The van der Waals surface area contributed by atoms with Crippen LogP contribution < -0.4 is 15.4 Å². The van der Waals surface area contributed by atoms with Crippen LogP contribution in [0.3, 0.4) is 0 Å². The summed E-state index contributed by atoms with van der Waals surface area (Å²) in [6.07, 6.45) is 11.3. The summed E-state index contributed by atoms with van der Waals surface area (Å²) in [6, 6.07) is 6.01. The summed E-state index contributed by atoms with van der Waals surface area (Å²) in [7, 11) is 1.86. The summed E-state index contributed by atoms with van der Waals surface area (Å²) >= 11 is 1.68. The Balaban J connectivity index is 1.53. The molecule has 2 aromatic heterocycles. The molecule has 0 radical (unpaired) electrons. The lowest BCUT2D eigenvalue weighted by Gasteiger charge is -2.21. The van der Waals surface area contributed by atoms with Crippen LogP contribution in [0.2, 0.25) is 0 Å². The number of hydrogen-bond donors (Lipinski definition) is 2. The summed E-state index contributed by atoms with van der Waals surface area (Å²) in [5, 5.41) is 7.67. The van der Waals surface area contributed by atoms with Crippen molar-refractivity contribution in [3.63, 3.8) is 0 Å². The fourth-order valence-corrected chi connectivity index (χ4v) is 4.82. The standard InChI is InChI=1S/C24H31N5OS/c1-4-16(2)12-19-22(25-3)27-15-28-23(19)30-18-10-11-20-21(13-18)31-24(29-20)26-14-17-8-6-5-7-9-17/h10-13,15,17H,4-9,14H2,1-3H3,(H,26,29)(H,25,27,28)/b16-12+. The fraction of sp³-hybridized carbons (Fsp3) is 0.458. The molecule has 6 nitrogen and oxygen atoms in total. The molecule has 2 heterocycles. The predicted molar refractivity (Wildman–Crippen MR) is 130 cm³/mol. The summed E-state index contributed by atoms with van der Waals surface area (Å²) in [5.41, 5.74) is 3.09. The summed E-state index contributed by atoms with van der Waals surface area (Å²) in [4.78, 5) is 13.5. The van der Waals surface area contributed by atoms with Gasteiger partial charge in [-0.15, -0.1) is 0 Å². The van der Waals surface area contributed by atoms with Crippen molar-refractivity contribution in [2.24, 2.45) is 5.92 Å². The van der Waals surface area contributed by atoms with E-state index in [9.17, 15) is 0 Å². The maximum absolute atomic E-state index is 6.19. The molecule has 7 heteroatoms. The van der Waals surface area contributed by atoms with Crippen LogP contribution in [-0.2, 0) is 0 Å². The predicted octanol–water partition coefficient (Wildman–Crippen LogP) is 6.73. The first-order valence-electron chi connectivity index (χ1n) is 11.2.